The van der Waals surface area contributed by atoms with Crippen LogP contribution in [0.3, 0.4) is 0 Å². The van der Waals surface area contributed by atoms with Gasteiger partial charge < -0.3 is 19.9 Å². The third-order valence-corrected chi connectivity index (χ3v) is 28.3. The number of benzene rings is 7. The summed E-state index contributed by atoms with van der Waals surface area (Å²) in [6.07, 6.45) is 14.5. The van der Waals surface area contributed by atoms with Crippen LogP contribution in [0, 0.1) is 83.1 Å². The van der Waals surface area contributed by atoms with Gasteiger partial charge in [-0.05, 0) is 364 Å². The van der Waals surface area contributed by atoms with E-state index < -0.39 is 60.7 Å². The highest BCUT2D eigenvalue weighted by Crippen LogP contribution is 2.49. The third-order valence-electron chi connectivity index (χ3n) is 23.3. The number of hydrogen-bond acceptors (Lipinski definition) is 16. The topological polar surface area (TPSA) is 441 Å². The van der Waals surface area contributed by atoms with Crippen LogP contribution in [-0.2, 0) is 60.7 Å². The Morgan fingerprint density at radius 3 is 0.452 bits per heavy atom. The van der Waals surface area contributed by atoms with Crippen LogP contribution in [0.1, 0.15) is 112 Å². The highest BCUT2D eigenvalue weighted by molar-refractivity contribution is 7.87. The summed E-state index contributed by atoms with van der Waals surface area (Å²) in [6.45, 7) is 20.5. The van der Waals surface area contributed by atoms with Crippen LogP contribution in [-0.4, -0.2) is 118 Å². The minimum Gasteiger partial charge on any atom is -0.354 e. The molecular formula is C94H78N8O18S6. The molecule has 10 N–H and O–H groups in total. The molecule has 0 amide bonds. The molecule has 0 saturated heterocycles. The van der Waals surface area contributed by atoms with Crippen LogP contribution >= 0.6 is 0 Å². The quantitative estimate of drug-likeness (QED) is 0.0452. The van der Waals surface area contributed by atoms with Gasteiger partial charge in [-0.2, -0.15) is 50.5 Å². The lowest BCUT2D eigenvalue weighted by atomic mass is 9.92. The van der Waals surface area contributed by atoms with Crippen molar-refractivity contribution in [1.29, 1.82) is 0 Å². The first-order valence-corrected chi connectivity index (χ1v) is 47.8. The number of aromatic amines is 4. The summed E-state index contributed by atoms with van der Waals surface area (Å²) in [5.41, 5.74) is 19.3. The van der Waals surface area contributed by atoms with E-state index in [9.17, 15) is 77.8 Å². The summed E-state index contributed by atoms with van der Waals surface area (Å²) in [5, 5.41) is 0. The summed E-state index contributed by atoms with van der Waals surface area (Å²) in [7, 11) is -28.5. The average molecular weight is 1800 g/mol. The van der Waals surface area contributed by atoms with Gasteiger partial charge in [0.25, 0.3) is 60.7 Å². The number of aromatic nitrogens is 8. The lowest BCUT2D eigenvalue weighted by Gasteiger charge is -2.15. The van der Waals surface area contributed by atoms with E-state index in [2.05, 4.69) is 19.9 Å². The number of nitrogens with one attached hydrogen (secondary N) is 4. The molecular weight excluding hydrogens is 1720 g/mol. The monoisotopic (exact) mass is 1800 g/mol. The second kappa shape index (κ2) is 30.5. The van der Waals surface area contributed by atoms with Gasteiger partial charge in [0, 0.05) is 88.6 Å². The van der Waals surface area contributed by atoms with Crippen molar-refractivity contribution in [3.63, 3.8) is 0 Å². The number of H-pyrrole nitrogens is 4. The van der Waals surface area contributed by atoms with Gasteiger partial charge in [-0.3, -0.25) is 27.3 Å². The second-order valence-electron chi connectivity index (χ2n) is 32.0. The molecule has 0 radical (unpaired) electrons. The molecule has 26 nitrogen and oxygen atoms in total. The van der Waals surface area contributed by atoms with E-state index in [1.165, 1.54) is 72.8 Å². The number of nitrogens with zero attached hydrogens (tertiary/aromatic N) is 4. The van der Waals surface area contributed by atoms with Gasteiger partial charge in [0.05, 0.1) is 74.9 Å². The molecule has 0 atom stereocenters. The fourth-order valence-corrected chi connectivity index (χ4v) is 22.2. The van der Waals surface area contributed by atoms with Crippen molar-refractivity contribution in [2.24, 2.45) is 0 Å². The van der Waals surface area contributed by atoms with E-state index in [1.54, 1.807) is 107 Å². The zero-order valence-electron chi connectivity index (χ0n) is 69.3. The van der Waals surface area contributed by atoms with E-state index >= 15 is 0 Å². The van der Waals surface area contributed by atoms with Gasteiger partial charge in [-0.15, -0.1) is 0 Å². The van der Waals surface area contributed by atoms with E-state index in [0.717, 1.165) is 0 Å². The first-order chi connectivity index (χ1) is 59.2. The normalized spacial score (nSPS) is 13.1. The van der Waals surface area contributed by atoms with Gasteiger partial charge in [-0.1, -0.05) is 24.3 Å². The summed E-state index contributed by atoms with van der Waals surface area (Å²) in [6, 6.07) is 38.5. The smallest absolute Gasteiger partial charge is 0.294 e. The molecule has 10 heterocycles. The van der Waals surface area contributed by atoms with Crippen LogP contribution < -0.4 is 0 Å². The first kappa shape index (κ1) is 85.4. The minimum absolute atomic E-state index is 0.349. The van der Waals surface area contributed by atoms with Crippen molar-refractivity contribution in [2.45, 2.75) is 112 Å². The predicted molar refractivity (Wildman–Crippen MR) is 490 cm³/mol. The van der Waals surface area contributed by atoms with Crippen LogP contribution in [0.15, 0.2) is 175 Å². The summed E-state index contributed by atoms with van der Waals surface area (Å²) in [5.74, 6) is 0. The van der Waals surface area contributed by atoms with E-state index in [4.69, 9.17) is 19.9 Å². The van der Waals surface area contributed by atoms with Crippen molar-refractivity contribution < 1.29 is 77.8 Å². The predicted octanol–water partition coefficient (Wildman–Crippen LogP) is 20.1. The molecule has 32 heteroatoms. The summed E-state index contributed by atoms with van der Waals surface area (Å²) >= 11 is 0. The van der Waals surface area contributed by atoms with Crippen LogP contribution in [0.25, 0.3) is 182 Å². The molecule has 17 rings (SSSR count). The maximum Gasteiger partial charge on any atom is 0.294 e. The highest BCUT2D eigenvalue weighted by Gasteiger charge is 2.31. The molecule has 638 valence electrons. The first-order valence-electron chi connectivity index (χ1n) is 39.2. The number of fused-ring (bicyclic) bond motifs is 16. The molecule has 6 aromatic heterocycles. The lowest BCUT2D eigenvalue weighted by Crippen LogP contribution is -2.02. The van der Waals surface area contributed by atoms with Crippen molar-refractivity contribution in [1.82, 2.24) is 39.9 Å². The van der Waals surface area contributed by atoms with Crippen LogP contribution in [0.5, 0.6) is 0 Å². The number of hydrogen-bond donors (Lipinski definition) is 10. The zero-order chi connectivity index (χ0) is 90.2. The zero-order valence-corrected chi connectivity index (χ0v) is 74.2. The van der Waals surface area contributed by atoms with Crippen molar-refractivity contribution >= 4 is 153 Å². The molecule has 0 fully saturated rings. The fraction of sp³-hybridized carbons (Fsp3) is 0.128. The Morgan fingerprint density at radius 1 is 0.190 bits per heavy atom. The molecule has 4 aliphatic rings. The maximum atomic E-state index is 13.1. The largest absolute Gasteiger partial charge is 0.354 e. The van der Waals surface area contributed by atoms with Gasteiger partial charge in [0.1, 0.15) is 0 Å². The molecule has 0 spiro atoms. The summed E-state index contributed by atoms with van der Waals surface area (Å²) in [4.78, 5) is 35.1. The van der Waals surface area contributed by atoms with Crippen LogP contribution in [0.4, 0.5) is 0 Å². The molecule has 126 heavy (non-hydrogen) atoms. The molecule has 16 bridgehead atoms. The van der Waals surface area contributed by atoms with Gasteiger partial charge in [0.15, 0.2) is 0 Å². The lowest BCUT2D eigenvalue weighted by molar-refractivity contribution is 0.481. The van der Waals surface area contributed by atoms with Gasteiger partial charge in [0.2, 0.25) is 0 Å². The Bertz CT molecular complexity index is 7620. The Morgan fingerprint density at radius 2 is 0.317 bits per heavy atom. The highest BCUT2D eigenvalue weighted by atomic mass is 32.2. The Hall–Kier alpha value is -12.8. The Kier molecular flexibility index (Phi) is 20.7. The molecule has 0 saturated carbocycles. The molecule has 0 unspecified atom stereocenters. The standard InChI is InChI=1S/C94H78N8O18S6/c1-45-33-57(121(103,104)105)34-46(2)81(45)89-69-21-17-65(95-69)87(66-18-22-70(96-66)90(82-47(3)35-58(36-48(82)4)122(106,107)108)74-26-30-78(100-74)93(77-29-25-73(89)99-77)85-53(9)41-61(42-54(85)10)125(115,116)117)63-15-13-14-16-64(63)88-67-19-23-71(97-67)91(83-49(5)37-59(38-50(83)6)123(109,110)111)75-27-31-79(101-75)94(86-55(11)43-62(44-56(86)12)126(118,119)120)80-32-28-76(102-80)92(72-24-20-68(88)98-72)84-51(7)39-60(40-52(84)8)124(112,113)114/h13-44,95,97,100,102H,1-12H3,(H,103,104,105)(H,106,107,108)(H,109,110,111)(H,112,113,114)(H,115,116,117)(H,118,119,120). The molecule has 7 aromatic carbocycles. The van der Waals surface area contributed by atoms with Crippen molar-refractivity contribution in [3.05, 3.63) is 258 Å². The third kappa shape index (κ3) is 15.2. The maximum absolute atomic E-state index is 13.1. The SMILES string of the molecule is Cc1cc(S(=O)(=O)O)cc(C)c1-c1c2nc(c(-c3c(C)cc(S(=O)(=O)O)cc3C)c3ccc([nH]3)c(-c3c(C)cc(S(=O)(=O)O)cc3C)c3nc(c(-c4ccccc4-c4c5nc(c(-c6c(C)cc(S(=O)(=O)O)cc6C)c6ccc([nH]6)c(-c6c(C)cc(S(=O)(=O)O)cc6C)c6nc(c(-c7c(C)cc(S(=O)(=O)O)cc7C)c7ccc4[nH]7)C=C6)C=C5)c4ccc1[nH]4)C=C3)C=C2. The Labute approximate surface area is 725 Å². The summed E-state index contributed by atoms with van der Waals surface area (Å²) < 4.78 is 219. The van der Waals surface area contributed by atoms with Gasteiger partial charge in [-0.25, -0.2) is 19.9 Å². The van der Waals surface area contributed by atoms with Crippen molar-refractivity contribution in [3.8, 4) is 89.0 Å². The second-order valence-corrected chi connectivity index (χ2v) is 40.5. The fourth-order valence-electron chi connectivity index (χ4n) is 18.3. The number of rotatable bonds is 14. The Balaban J connectivity index is 1.05. The van der Waals surface area contributed by atoms with Crippen LogP contribution in [0.2, 0.25) is 0 Å². The molecule has 0 aliphatic carbocycles. The average Bonchev–Trinajstić information content (AvgIpc) is 1.58. The molecule has 13 aromatic rings. The van der Waals surface area contributed by atoms with E-state index in [1.807, 2.05) is 97.1 Å². The van der Waals surface area contributed by atoms with E-state index in [0.29, 0.717) is 245 Å². The van der Waals surface area contributed by atoms with E-state index in [-0.39, 0.29) is 29.4 Å². The minimum atomic E-state index is -4.77. The van der Waals surface area contributed by atoms with Crippen molar-refractivity contribution in [2.75, 3.05) is 0 Å². The van der Waals surface area contributed by atoms with Gasteiger partial charge >= 0.3 is 0 Å². The molecule has 4 aliphatic heterocycles. The number of aryl methyl sites for hydroxylation is 12.